The van der Waals surface area contributed by atoms with Crippen molar-refractivity contribution in [1.82, 2.24) is 0 Å². The molecule has 0 radical (unpaired) electrons. The fourth-order valence-corrected chi connectivity index (χ4v) is 8.48. The minimum Gasteiger partial charge on any atom is -0.311 e. The molecule has 0 saturated carbocycles. The standard InChI is InChI=1S/C55H41N3/c1-7-19-42(20-8-1)56(43-21-9-2-10-22-43)48-33-31-41(32-34-48)55-51-37-35-49(57(44-23-11-3-12-24-44)45-25-13-4-14-26-45)39-53(51)54-40-50(36-38-52(54)55)58(46-27-15-5-16-28-46)47-29-17-6-18-30-47/h1-40,55H. The number of hydrogen-bond donors (Lipinski definition) is 0. The van der Waals surface area contributed by atoms with E-state index in [-0.39, 0.29) is 5.92 Å². The first-order valence-corrected chi connectivity index (χ1v) is 19.9. The molecule has 0 N–H and O–H groups in total. The van der Waals surface area contributed by atoms with E-state index in [1.165, 1.54) is 27.8 Å². The Morgan fingerprint density at radius 1 is 0.224 bits per heavy atom. The van der Waals surface area contributed by atoms with Crippen LogP contribution in [0.15, 0.2) is 243 Å². The van der Waals surface area contributed by atoms with Crippen LogP contribution in [0, 0.1) is 0 Å². The third kappa shape index (κ3) is 6.59. The van der Waals surface area contributed by atoms with Gasteiger partial charge in [0.05, 0.1) is 0 Å². The van der Waals surface area contributed by atoms with Gasteiger partial charge in [-0.3, -0.25) is 0 Å². The monoisotopic (exact) mass is 743 g/mol. The van der Waals surface area contributed by atoms with Crippen LogP contribution in [0.25, 0.3) is 11.1 Å². The van der Waals surface area contributed by atoms with Crippen LogP contribution in [-0.2, 0) is 0 Å². The van der Waals surface area contributed by atoms with Crippen molar-refractivity contribution >= 4 is 51.2 Å². The van der Waals surface area contributed by atoms with E-state index in [0.29, 0.717) is 0 Å². The molecule has 10 rings (SSSR count). The van der Waals surface area contributed by atoms with Gasteiger partial charge in [-0.15, -0.1) is 0 Å². The molecule has 3 heteroatoms. The van der Waals surface area contributed by atoms with E-state index in [2.05, 4.69) is 257 Å². The lowest BCUT2D eigenvalue weighted by atomic mass is 9.89. The lowest BCUT2D eigenvalue weighted by molar-refractivity contribution is 1.01. The summed E-state index contributed by atoms with van der Waals surface area (Å²) in [5.41, 5.74) is 16.4. The van der Waals surface area contributed by atoms with Crippen LogP contribution in [0.5, 0.6) is 0 Å². The molecule has 0 fully saturated rings. The van der Waals surface area contributed by atoms with Gasteiger partial charge in [-0.05, 0) is 137 Å². The molecule has 1 aliphatic rings. The highest BCUT2D eigenvalue weighted by Gasteiger charge is 2.32. The van der Waals surface area contributed by atoms with E-state index in [0.717, 1.165) is 51.2 Å². The topological polar surface area (TPSA) is 9.72 Å². The summed E-state index contributed by atoms with van der Waals surface area (Å²) >= 11 is 0. The van der Waals surface area contributed by atoms with E-state index in [1.807, 2.05) is 0 Å². The number of rotatable bonds is 10. The first-order chi connectivity index (χ1) is 28.8. The summed E-state index contributed by atoms with van der Waals surface area (Å²) in [6.07, 6.45) is 0. The Labute approximate surface area is 341 Å². The molecule has 0 unspecified atom stereocenters. The Hall–Kier alpha value is -7.62. The summed E-state index contributed by atoms with van der Waals surface area (Å²) in [5.74, 6) is 0.0628. The van der Waals surface area contributed by atoms with Gasteiger partial charge in [0.15, 0.2) is 0 Å². The first kappa shape index (κ1) is 34.8. The van der Waals surface area contributed by atoms with Crippen molar-refractivity contribution in [2.75, 3.05) is 14.7 Å². The van der Waals surface area contributed by atoms with Crippen LogP contribution >= 0.6 is 0 Å². The minimum atomic E-state index is 0.0628. The Morgan fingerprint density at radius 3 is 0.759 bits per heavy atom. The average molecular weight is 744 g/mol. The zero-order chi connectivity index (χ0) is 38.7. The SMILES string of the molecule is c1ccc(N(c2ccccc2)c2ccc(C3c4ccc(N(c5ccccc5)c5ccccc5)cc4-c4cc(N(c5ccccc5)c5ccccc5)ccc43)cc2)cc1. The van der Waals surface area contributed by atoms with Crippen LogP contribution in [0.4, 0.5) is 51.2 Å². The number of fused-ring (bicyclic) bond motifs is 3. The van der Waals surface area contributed by atoms with E-state index < -0.39 is 0 Å². The maximum absolute atomic E-state index is 2.40. The number of nitrogens with zero attached hydrogens (tertiary/aromatic N) is 3. The molecule has 1 aliphatic carbocycles. The Kier molecular flexibility index (Phi) is 9.30. The van der Waals surface area contributed by atoms with Gasteiger partial charge in [-0.2, -0.15) is 0 Å². The molecule has 0 aliphatic heterocycles. The molecular weight excluding hydrogens is 703 g/mol. The largest absolute Gasteiger partial charge is 0.311 e. The predicted molar refractivity (Wildman–Crippen MR) is 243 cm³/mol. The summed E-state index contributed by atoms with van der Waals surface area (Å²) in [5, 5.41) is 0. The smallest absolute Gasteiger partial charge is 0.0468 e. The molecule has 276 valence electrons. The van der Waals surface area contributed by atoms with Gasteiger partial charge in [-0.1, -0.05) is 133 Å². The summed E-state index contributed by atoms with van der Waals surface area (Å²) in [6.45, 7) is 0. The van der Waals surface area contributed by atoms with Crippen LogP contribution in [0.3, 0.4) is 0 Å². The summed E-state index contributed by atoms with van der Waals surface area (Å²) in [6, 6.07) is 87.1. The van der Waals surface area contributed by atoms with Crippen molar-refractivity contribution in [3.63, 3.8) is 0 Å². The number of benzene rings is 9. The average Bonchev–Trinajstić information content (AvgIpc) is 3.62. The second-order valence-corrected chi connectivity index (χ2v) is 14.6. The fourth-order valence-electron chi connectivity index (χ4n) is 8.48. The van der Waals surface area contributed by atoms with Crippen LogP contribution in [0.2, 0.25) is 0 Å². The summed E-state index contributed by atoms with van der Waals surface area (Å²) < 4.78 is 0. The molecule has 9 aromatic carbocycles. The molecule has 0 amide bonds. The van der Waals surface area contributed by atoms with Crippen molar-refractivity contribution in [1.29, 1.82) is 0 Å². The normalized spacial score (nSPS) is 11.7. The fraction of sp³-hybridized carbons (Fsp3) is 0.0182. The Morgan fingerprint density at radius 2 is 0.466 bits per heavy atom. The second kappa shape index (κ2) is 15.5. The molecule has 0 saturated heterocycles. The third-order valence-electron chi connectivity index (χ3n) is 11.1. The Balaban J connectivity index is 1.13. The molecule has 0 heterocycles. The molecule has 0 bridgehead atoms. The van der Waals surface area contributed by atoms with Crippen molar-refractivity contribution in [2.45, 2.75) is 5.92 Å². The zero-order valence-corrected chi connectivity index (χ0v) is 32.0. The predicted octanol–water partition coefficient (Wildman–Crippen LogP) is 15.3. The molecule has 58 heavy (non-hydrogen) atoms. The van der Waals surface area contributed by atoms with Gasteiger partial charge in [0.2, 0.25) is 0 Å². The zero-order valence-electron chi connectivity index (χ0n) is 32.0. The second-order valence-electron chi connectivity index (χ2n) is 14.6. The molecular formula is C55H41N3. The lowest BCUT2D eigenvalue weighted by Crippen LogP contribution is -2.10. The minimum absolute atomic E-state index is 0.0628. The van der Waals surface area contributed by atoms with E-state index in [4.69, 9.17) is 0 Å². The van der Waals surface area contributed by atoms with Gasteiger partial charge in [0.25, 0.3) is 0 Å². The van der Waals surface area contributed by atoms with E-state index in [9.17, 15) is 0 Å². The number of para-hydroxylation sites is 6. The van der Waals surface area contributed by atoms with Gasteiger partial charge in [0, 0.05) is 57.1 Å². The van der Waals surface area contributed by atoms with Crippen molar-refractivity contribution in [3.05, 3.63) is 259 Å². The van der Waals surface area contributed by atoms with Crippen LogP contribution in [-0.4, -0.2) is 0 Å². The van der Waals surface area contributed by atoms with Gasteiger partial charge in [-0.25, -0.2) is 0 Å². The van der Waals surface area contributed by atoms with Gasteiger partial charge < -0.3 is 14.7 Å². The highest BCUT2D eigenvalue weighted by molar-refractivity contribution is 5.90. The molecule has 9 aromatic rings. The Bertz CT molecular complexity index is 2510. The maximum Gasteiger partial charge on any atom is 0.0468 e. The van der Waals surface area contributed by atoms with E-state index in [1.54, 1.807) is 0 Å². The quantitative estimate of drug-likeness (QED) is 0.138. The lowest BCUT2D eigenvalue weighted by Gasteiger charge is -2.27. The molecule has 0 atom stereocenters. The van der Waals surface area contributed by atoms with Crippen LogP contribution < -0.4 is 14.7 Å². The molecule has 0 spiro atoms. The van der Waals surface area contributed by atoms with Crippen molar-refractivity contribution < 1.29 is 0 Å². The number of hydrogen-bond acceptors (Lipinski definition) is 3. The highest BCUT2D eigenvalue weighted by Crippen LogP contribution is 2.52. The van der Waals surface area contributed by atoms with Crippen molar-refractivity contribution in [2.24, 2.45) is 0 Å². The highest BCUT2D eigenvalue weighted by atomic mass is 15.2. The number of anilines is 9. The van der Waals surface area contributed by atoms with Gasteiger partial charge in [0.1, 0.15) is 0 Å². The van der Waals surface area contributed by atoms with Crippen LogP contribution in [0.1, 0.15) is 22.6 Å². The molecule has 3 nitrogen and oxygen atoms in total. The van der Waals surface area contributed by atoms with Gasteiger partial charge >= 0.3 is 0 Å². The first-order valence-electron chi connectivity index (χ1n) is 19.9. The summed E-state index contributed by atoms with van der Waals surface area (Å²) in [4.78, 5) is 7.03. The molecule has 0 aromatic heterocycles. The van der Waals surface area contributed by atoms with E-state index >= 15 is 0 Å². The maximum atomic E-state index is 2.40. The third-order valence-corrected chi connectivity index (χ3v) is 11.1. The summed E-state index contributed by atoms with van der Waals surface area (Å²) in [7, 11) is 0. The van der Waals surface area contributed by atoms with Crippen molar-refractivity contribution in [3.8, 4) is 11.1 Å².